The van der Waals surface area contributed by atoms with Gasteiger partial charge in [-0.15, -0.1) is 0 Å². The molecule has 1 aromatic carbocycles. The molecule has 0 saturated heterocycles. The van der Waals surface area contributed by atoms with Crippen molar-refractivity contribution in [3.8, 4) is 0 Å². The molecule has 1 N–H and O–H groups in total. The second-order valence-corrected chi connectivity index (χ2v) is 3.91. The van der Waals surface area contributed by atoms with Crippen LogP contribution in [-0.2, 0) is 4.79 Å². The van der Waals surface area contributed by atoms with Gasteiger partial charge in [-0.1, -0.05) is 45.7 Å². The predicted molar refractivity (Wildman–Crippen MR) is 61.8 cm³/mol. The Bertz CT molecular complexity index is 330. The number of alkyl halides is 1. The molecule has 76 valence electrons. The molecule has 14 heavy (non-hydrogen) atoms. The Morgan fingerprint density at radius 1 is 1.57 bits per heavy atom. The summed E-state index contributed by atoms with van der Waals surface area (Å²) in [5.74, 6) is -0.0441. The molecule has 1 aromatic rings. The van der Waals surface area contributed by atoms with Crippen LogP contribution >= 0.6 is 27.5 Å². The number of benzene rings is 1. The summed E-state index contributed by atoms with van der Waals surface area (Å²) in [5.41, 5.74) is 0.934. The van der Waals surface area contributed by atoms with Gasteiger partial charge in [0.25, 0.3) is 0 Å². The van der Waals surface area contributed by atoms with E-state index in [4.69, 9.17) is 11.6 Å². The van der Waals surface area contributed by atoms with Crippen LogP contribution in [0.2, 0.25) is 5.02 Å². The van der Waals surface area contributed by atoms with Crippen LogP contribution in [0.5, 0.6) is 0 Å². The number of carbonyl (C=O) groups excluding carboxylic acids is 1. The molecule has 0 aliphatic rings. The Kier molecular flexibility index (Phi) is 4.42. The van der Waals surface area contributed by atoms with E-state index in [9.17, 15) is 4.79 Å². The van der Waals surface area contributed by atoms with Gasteiger partial charge in [-0.25, -0.2) is 0 Å². The fraction of sp³-hybridized carbons (Fsp3) is 0.300. The summed E-state index contributed by atoms with van der Waals surface area (Å²) in [7, 11) is 0. The molecule has 0 bridgehead atoms. The highest BCUT2D eigenvalue weighted by molar-refractivity contribution is 9.09. The first-order valence-electron chi connectivity index (χ1n) is 4.25. The lowest BCUT2D eigenvalue weighted by molar-refractivity contribution is -0.119. The minimum absolute atomic E-state index is 0.0441. The summed E-state index contributed by atoms with van der Waals surface area (Å²) in [6, 6.07) is 7.42. The van der Waals surface area contributed by atoms with Gasteiger partial charge in [-0.05, 0) is 18.6 Å². The van der Waals surface area contributed by atoms with Gasteiger partial charge < -0.3 is 5.32 Å². The average Bonchev–Trinajstić information content (AvgIpc) is 2.18. The Morgan fingerprint density at radius 2 is 2.21 bits per heavy atom. The monoisotopic (exact) mass is 275 g/mol. The number of carbonyl (C=O) groups is 1. The maximum atomic E-state index is 11.1. The van der Waals surface area contributed by atoms with E-state index in [-0.39, 0.29) is 11.9 Å². The van der Waals surface area contributed by atoms with Crippen molar-refractivity contribution in [2.45, 2.75) is 13.0 Å². The quantitative estimate of drug-likeness (QED) is 0.845. The molecule has 0 aromatic heterocycles. The molecule has 0 unspecified atom stereocenters. The van der Waals surface area contributed by atoms with Gasteiger partial charge in [-0.2, -0.15) is 0 Å². The summed E-state index contributed by atoms with van der Waals surface area (Å²) in [5, 5.41) is 3.80. The summed E-state index contributed by atoms with van der Waals surface area (Å²) < 4.78 is 0. The SMILES string of the molecule is C[C@@H](NC(=O)CBr)c1ccccc1Cl. The molecule has 0 saturated carbocycles. The first-order valence-corrected chi connectivity index (χ1v) is 5.75. The fourth-order valence-electron chi connectivity index (χ4n) is 1.18. The van der Waals surface area contributed by atoms with Gasteiger partial charge in [0, 0.05) is 5.02 Å². The second-order valence-electron chi connectivity index (χ2n) is 2.94. The van der Waals surface area contributed by atoms with E-state index in [0.717, 1.165) is 5.56 Å². The molecule has 0 aliphatic heterocycles. The van der Waals surface area contributed by atoms with Crippen molar-refractivity contribution >= 4 is 33.4 Å². The van der Waals surface area contributed by atoms with Crippen molar-refractivity contribution in [2.24, 2.45) is 0 Å². The van der Waals surface area contributed by atoms with Crippen molar-refractivity contribution in [3.05, 3.63) is 34.9 Å². The number of amides is 1. The van der Waals surface area contributed by atoms with Crippen LogP contribution in [0, 0.1) is 0 Å². The maximum Gasteiger partial charge on any atom is 0.231 e. The minimum Gasteiger partial charge on any atom is -0.349 e. The lowest BCUT2D eigenvalue weighted by Crippen LogP contribution is -2.27. The highest BCUT2D eigenvalue weighted by atomic mass is 79.9. The molecule has 1 atom stereocenters. The molecule has 0 heterocycles. The Balaban J connectivity index is 2.74. The van der Waals surface area contributed by atoms with Crippen LogP contribution < -0.4 is 5.32 Å². The minimum atomic E-state index is -0.0613. The van der Waals surface area contributed by atoms with Gasteiger partial charge in [0.15, 0.2) is 0 Å². The van der Waals surface area contributed by atoms with Crippen molar-refractivity contribution < 1.29 is 4.79 Å². The molecule has 0 radical (unpaired) electrons. The zero-order chi connectivity index (χ0) is 10.6. The Morgan fingerprint density at radius 3 is 2.79 bits per heavy atom. The molecule has 1 rings (SSSR count). The molecule has 0 spiro atoms. The Hall–Kier alpha value is -0.540. The Labute approximate surface area is 96.8 Å². The molecular weight excluding hydrogens is 265 g/mol. The summed E-state index contributed by atoms with van der Waals surface area (Å²) in [6.07, 6.45) is 0. The third-order valence-electron chi connectivity index (χ3n) is 1.87. The summed E-state index contributed by atoms with van der Waals surface area (Å²) in [6.45, 7) is 1.90. The third-order valence-corrected chi connectivity index (χ3v) is 2.72. The van der Waals surface area contributed by atoms with E-state index >= 15 is 0 Å². The normalized spacial score (nSPS) is 12.2. The zero-order valence-electron chi connectivity index (χ0n) is 7.76. The molecule has 0 fully saturated rings. The van der Waals surface area contributed by atoms with Crippen LogP contribution in [-0.4, -0.2) is 11.2 Å². The zero-order valence-corrected chi connectivity index (χ0v) is 10.1. The lowest BCUT2D eigenvalue weighted by atomic mass is 10.1. The van der Waals surface area contributed by atoms with Gasteiger partial charge in [0.1, 0.15) is 0 Å². The molecule has 4 heteroatoms. The van der Waals surface area contributed by atoms with Crippen molar-refractivity contribution in [1.82, 2.24) is 5.32 Å². The lowest BCUT2D eigenvalue weighted by Gasteiger charge is -2.14. The van der Waals surface area contributed by atoms with E-state index in [0.29, 0.717) is 10.4 Å². The van der Waals surface area contributed by atoms with Crippen molar-refractivity contribution in [3.63, 3.8) is 0 Å². The number of halogens is 2. The maximum absolute atomic E-state index is 11.1. The predicted octanol–water partition coefficient (Wildman–Crippen LogP) is 2.91. The van der Waals surface area contributed by atoms with E-state index in [1.165, 1.54) is 0 Å². The van der Waals surface area contributed by atoms with Crippen LogP contribution in [0.1, 0.15) is 18.5 Å². The first-order chi connectivity index (χ1) is 6.65. The molecular formula is C10H11BrClNO. The van der Waals surface area contributed by atoms with Gasteiger partial charge in [0.05, 0.1) is 11.4 Å². The van der Waals surface area contributed by atoms with Crippen LogP contribution in [0.15, 0.2) is 24.3 Å². The summed E-state index contributed by atoms with van der Waals surface area (Å²) in [4.78, 5) is 11.1. The number of hydrogen-bond acceptors (Lipinski definition) is 1. The first kappa shape index (κ1) is 11.5. The van der Waals surface area contributed by atoms with Gasteiger partial charge in [0.2, 0.25) is 5.91 Å². The molecule has 1 amide bonds. The van der Waals surface area contributed by atoms with Gasteiger partial charge in [-0.3, -0.25) is 4.79 Å². The standard InChI is InChI=1S/C10H11BrClNO/c1-7(13-10(14)6-11)8-4-2-3-5-9(8)12/h2-5,7H,6H2,1H3,(H,13,14)/t7-/m1/s1. The molecule has 2 nitrogen and oxygen atoms in total. The fourth-order valence-corrected chi connectivity index (χ4v) is 1.65. The van der Waals surface area contributed by atoms with Crippen molar-refractivity contribution in [1.29, 1.82) is 0 Å². The van der Waals surface area contributed by atoms with Crippen LogP contribution in [0.4, 0.5) is 0 Å². The van der Waals surface area contributed by atoms with E-state index < -0.39 is 0 Å². The highest BCUT2D eigenvalue weighted by Crippen LogP contribution is 2.21. The van der Waals surface area contributed by atoms with E-state index in [2.05, 4.69) is 21.2 Å². The average molecular weight is 277 g/mol. The van der Waals surface area contributed by atoms with E-state index in [1.807, 2.05) is 31.2 Å². The largest absolute Gasteiger partial charge is 0.349 e. The van der Waals surface area contributed by atoms with Gasteiger partial charge >= 0.3 is 0 Å². The third kappa shape index (κ3) is 3.00. The topological polar surface area (TPSA) is 29.1 Å². The van der Waals surface area contributed by atoms with Crippen LogP contribution in [0.3, 0.4) is 0 Å². The van der Waals surface area contributed by atoms with E-state index in [1.54, 1.807) is 0 Å². The highest BCUT2D eigenvalue weighted by Gasteiger charge is 2.10. The molecule has 0 aliphatic carbocycles. The second kappa shape index (κ2) is 5.37. The van der Waals surface area contributed by atoms with Crippen LogP contribution in [0.25, 0.3) is 0 Å². The smallest absolute Gasteiger partial charge is 0.231 e. The number of rotatable bonds is 3. The number of nitrogens with one attached hydrogen (secondary N) is 1. The summed E-state index contributed by atoms with van der Waals surface area (Å²) >= 11 is 9.07. The van der Waals surface area contributed by atoms with Crippen molar-refractivity contribution in [2.75, 3.05) is 5.33 Å². The number of hydrogen-bond donors (Lipinski definition) is 1.